The minimum atomic E-state index is -0.352. The van der Waals surface area contributed by atoms with E-state index < -0.39 is 0 Å². The number of benzene rings is 1. The summed E-state index contributed by atoms with van der Waals surface area (Å²) in [5, 5.41) is 5.46. The zero-order valence-electron chi connectivity index (χ0n) is 13.5. The molecule has 0 atom stereocenters. The highest BCUT2D eigenvalue weighted by Gasteiger charge is 2.09. The zero-order valence-corrected chi connectivity index (χ0v) is 13.5. The minimum absolute atomic E-state index is 0.117. The van der Waals surface area contributed by atoms with Gasteiger partial charge in [-0.15, -0.1) is 4.98 Å². The maximum atomic E-state index is 12.0. The number of nitrogens with one attached hydrogen (secondary N) is 2. The first-order valence-corrected chi connectivity index (χ1v) is 6.97. The number of carbonyl (C=O) groups is 1. The average Bonchev–Trinajstić information content (AvgIpc) is 2.55. The predicted molar refractivity (Wildman–Crippen MR) is 84.7 cm³/mol. The van der Waals surface area contributed by atoms with Crippen molar-refractivity contribution in [1.29, 1.82) is 0 Å². The third-order valence-corrected chi connectivity index (χ3v) is 3.04. The smallest absolute Gasteiger partial charge is 0.322 e. The SMILES string of the molecule is COc1nc(CNC(=O)Nc2ccc(C)cc2C)nc(OC)n1. The fourth-order valence-corrected chi connectivity index (χ4v) is 1.92. The summed E-state index contributed by atoms with van der Waals surface area (Å²) in [5.41, 5.74) is 2.88. The molecule has 8 heteroatoms. The monoisotopic (exact) mass is 317 g/mol. The number of nitrogens with zero attached hydrogens (tertiary/aromatic N) is 3. The van der Waals surface area contributed by atoms with Crippen LogP contribution in [0.3, 0.4) is 0 Å². The van der Waals surface area contributed by atoms with Crippen LogP contribution >= 0.6 is 0 Å². The Labute approximate surface area is 134 Å². The highest BCUT2D eigenvalue weighted by Crippen LogP contribution is 2.15. The van der Waals surface area contributed by atoms with Crippen LogP contribution in [0.5, 0.6) is 12.0 Å². The van der Waals surface area contributed by atoms with Crippen molar-refractivity contribution in [3.05, 3.63) is 35.2 Å². The van der Waals surface area contributed by atoms with Gasteiger partial charge in [0.25, 0.3) is 0 Å². The zero-order chi connectivity index (χ0) is 16.8. The van der Waals surface area contributed by atoms with Gasteiger partial charge in [0.05, 0.1) is 20.8 Å². The standard InChI is InChI=1S/C15H19N5O3/c1-9-5-6-11(10(2)7-9)17-13(21)16-8-12-18-14(22-3)20-15(19-12)23-4/h5-7H,8H2,1-4H3,(H2,16,17,21). The summed E-state index contributed by atoms with van der Waals surface area (Å²) < 4.78 is 9.91. The fraction of sp³-hybridized carbons (Fsp3) is 0.333. The van der Waals surface area contributed by atoms with Crippen molar-refractivity contribution in [2.45, 2.75) is 20.4 Å². The molecule has 0 saturated carbocycles. The molecule has 0 aliphatic rings. The van der Waals surface area contributed by atoms with Crippen molar-refractivity contribution in [3.63, 3.8) is 0 Å². The highest BCUT2D eigenvalue weighted by molar-refractivity contribution is 5.90. The lowest BCUT2D eigenvalue weighted by Crippen LogP contribution is -2.29. The van der Waals surface area contributed by atoms with Crippen molar-refractivity contribution in [1.82, 2.24) is 20.3 Å². The molecule has 2 aromatic rings. The van der Waals surface area contributed by atoms with Crippen LogP contribution in [-0.2, 0) is 6.54 Å². The summed E-state index contributed by atoms with van der Waals surface area (Å²) in [6.45, 7) is 4.05. The fourth-order valence-electron chi connectivity index (χ4n) is 1.92. The van der Waals surface area contributed by atoms with Crippen LogP contribution in [0.4, 0.5) is 10.5 Å². The lowest BCUT2D eigenvalue weighted by atomic mass is 10.1. The van der Waals surface area contributed by atoms with Crippen molar-refractivity contribution in [2.75, 3.05) is 19.5 Å². The Hall–Kier alpha value is -2.90. The number of methoxy groups -OCH3 is 2. The second-order valence-electron chi connectivity index (χ2n) is 4.85. The maximum Gasteiger partial charge on any atom is 0.322 e. The molecule has 0 radical (unpaired) electrons. The van der Waals surface area contributed by atoms with Crippen LogP contribution in [0, 0.1) is 13.8 Å². The second kappa shape index (κ2) is 7.39. The minimum Gasteiger partial charge on any atom is -0.467 e. The van der Waals surface area contributed by atoms with Crippen LogP contribution in [-0.4, -0.2) is 35.2 Å². The Morgan fingerprint density at radius 2 is 1.74 bits per heavy atom. The summed E-state index contributed by atoms with van der Waals surface area (Å²) in [5.74, 6) is 0.337. The summed E-state index contributed by atoms with van der Waals surface area (Å²) >= 11 is 0. The summed E-state index contributed by atoms with van der Waals surface area (Å²) in [4.78, 5) is 23.9. The molecule has 2 amide bonds. The summed E-state index contributed by atoms with van der Waals surface area (Å²) in [6, 6.07) is 5.70. The van der Waals surface area contributed by atoms with Crippen molar-refractivity contribution >= 4 is 11.7 Å². The van der Waals surface area contributed by atoms with Crippen LogP contribution in [0.15, 0.2) is 18.2 Å². The Balaban J connectivity index is 1.99. The molecule has 0 aliphatic heterocycles. The lowest BCUT2D eigenvalue weighted by molar-refractivity contribution is 0.251. The van der Waals surface area contributed by atoms with E-state index in [9.17, 15) is 4.79 Å². The molecular weight excluding hydrogens is 298 g/mol. The van der Waals surface area contributed by atoms with Gasteiger partial charge < -0.3 is 20.1 Å². The summed E-state index contributed by atoms with van der Waals surface area (Å²) in [7, 11) is 2.89. The van der Waals surface area contributed by atoms with Crippen LogP contribution in [0.1, 0.15) is 17.0 Å². The largest absolute Gasteiger partial charge is 0.467 e. The number of hydrogen-bond acceptors (Lipinski definition) is 6. The second-order valence-corrected chi connectivity index (χ2v) is 4.85. The number of amides is 2. The van der Waals surface area contributed by atoms with Crippen LogP contribution in [0.2, 0.25) is 0 Å². The first kappa shape index (κ1) is 16.5. The molecule has 0 fully saturated rings. The molecule has 0 spiro atoms. The molecule has 2 N–H and O–H groups in total. The molecule has 8 nitrogen and oxygen atoms in total. The van der Waals surface area contributed by atoms with Gasteiger partial charge in [-0.2, -0.15) is 9.97 Å². The third kappa shape index (κ3) is 4.53. The topological polar surface area (TPSA) is 98.3 Å². The van der Waals surface area contributed by atoms with E-state index in [1.54, 1.807) is 0 Å². The van der Waals surface area contributed by atoms with Gasteiger partial charge in [0.2, 0.25) is 0 Å². The summed E-state index contributed by atoms with van der Waals surface area (Å²) in [6.07, 6.45) is 0. The molecule has 0 saturated heterocycles. The van der Waals surface area contributed by atoms with Crippen LogP contribution in [0.25, 0.3) is 0 Å². The molecule has 23 heavy (non-hydrogen) atoms. The third-order valence-electron chi connectivity index (χ3n) is 3.04. The Bertz CT molecular complexity index is 683. The quantitative estimate of drug-likeness (QED) is 0.873. The number of hydrogen-bond donors (Lipinski definition) is 2. The number of carbonyl (C=O) groups excluding carboxylic acids is 1. The number of aryl methyl sites for hydroxylation is 2. The first-order valence-electron chi connectivity index (χ1n) is 6.97. The van der Waals surface area contributed by atoms with Gasteiger partial charge in [0, 0.05) is 5.69 Å². The van der Waals surface area contributed by atoms with E-state index in [2.05, 4.69) is 25.6 Å². The van der Waals surface area contributed by atoms with Gasteiger partial charge in [-0.1, -0.05) is 17.7 Å². The van der Waals surface area contributed by atoms with E-state index in [-0.39, 0.29) is 24.6 Å². The molecule has 122 valence electrons. The van der Waals surface area contributed by atoms with E-state index in [1.165, 1.54) is 14.2 Å². The maximum absolute atomic E-state index is 12.0. The molecule has 1 heterocycles. The predicted octanol–water partition coefficient (Wildman–Crippen LogP) is 1.83. The average molecular weight is 317 g/mol. The van der Waals surface area contributed by atoms with E-state index in [4.69, 9.17) is 9.47 Å². The number of anilines is 1. The van der Waals surface area contributed by atoms with Crippen LogP contribution < -0.4 is 20.1 Å². The molecule has 0 bridgehead atoms. The number of aromatic nitrogens is 3. The van der Waals surface area contributed by atoms with Gasteiger partial charge >= 0.3 is 18.1 Å². The van der Waals surface area contributed by atoms with E-state index in [0.29, 0.717) is 5.82 Å². The van der Waals surface area contributed by atoms with E-state index in [0.717, 1.165) is 16.8 Å². The highest BCUT2D eigenvalue weighted by atomic mass is 16.5. The molecular formula is C15H19N5O3. The van der Waals surface area contributed by atoms with Gasteiger partial charge in [-0.25, -0.2) is 4.79 Å². The van der Waals surface area contributed by atoms with Gasteiger partial charge in [0.1, 0.15) is 0 Å². The van der Waals surface area contributed by atoms with Gasteiger partial charge in [-0.05, 0) is 25.5 Å². The molecule has 1 aromatic carbocycles. The van der Waals surface area contributed by atoms with Gasteiger partial charge in [-0.3, -0.25) is 0 Å². The Morgan fingerprint density at radius 3 is 2.30 bits per heavy atom. The molecule has 0 aliphatic carbocycles. The van der Waals surface area contributed by atoms with E-state index >= 15 is 0 Å². The number of ether oxygens (including phenoxy) is 2. The van der Waals surface area contributed by atoms with Crippen molar-refractivity contribution in [3.8, 4) is 12.0 Å². The number of urea groups is 1. The van der Waals surface area contributed by atoms with Crippen molar-refractivity contribution < 1.29 is 14.3 Å². The van der Waals surface area contributed by atoms with E-state index in [1.807, 2.05) is 32.0 Å². The number of rotatable bonds is 5. The Kier molecular flexibility index (Phi) is 5.29. The molecule has 1 aromatic heterocycles. The van der Waals surface area contributed by atoms with Gasteiger partial charge in [0.15, 0.2) is 5.82 Å². The molecule has 2 rings (SSSR count). The normalized spacial score (nSPS) is 10.1. The molecule has 0 unspecified atom stereocenters. The first-order chi connectivity index (χ1) is 11.0. The lowest BCUT2D eigenvalue weighted by Gasteiger charge is -2.10. The van der Waals surface area contributed by atoms with Crippen molar-refractivity contribution in [2.24, 2.45) is 0 Å². The Morgan fingerprint density at radius 1 is 1.09 bits per heavy atom.